The smallest absolute Gasteiger partial charge is 0.0240 e. The van der Waals surface area contributed by atoms with Crippen molar-refractivity contribution in [3.63, 3.8) is 0 Å². The molecular weight excluding hydrogens is 280 g/mol. The molecule has 2 N–H and O–H groups in total. The van der Waals surface area contributed by atoms with Gasteiger partial charge in [0.2, 0.25) is 0 Å². The van der Waals surface area contributed by atoms with Gasteiger partial charge in [-0.1, -0.05) is 56.3 Å². The fourth-order valence-corrected chi connectivity index (χ4v) is 3.29. The Hall–Kier alpha value is -1.09. The quantitative estimate of drug-likeness (QED) is 0.914. The molecule has 21 heavy (non-hydrogen) atoms. The lowest BCUT2D eigenvalue weighted by Crippen LogP contribution is -2.52. The minimum absolute atomic E-state index is 0. The summed E-state index contributed by atoms with van der Waals surface area (Å²) >= 11 is 0. The first-order valence-corrected chi connectivity index (χ1v) is 7.51. The van der Waals surface area contributed by atoms with Crippen molar-refractivity contribution in [1.82, 2.24) is 4.90 Å². The van der Waals surface area contributed by atoms with Crippen LogP contribution in [0.2, 0.25) is 0 Å². The van der Waals surface area contributed by atoms with Crippen molar-refractivity contribution in [2.75, 3.05) is 13.1 Å². The summed E-state index contributed by atoms with van der Waals surface area (Å²) in [6, 6.07) is 15.6. The van der Waals surface area contributed by atoms with Gasteiger partial charge in [-0.15, -0.1) is 12.4 Å². The van der Waals surface area contributed by atoms with Gasteiger partial charge in [0.25, 0.3) is 0 Å². The third-order valence-electron chi connectivity index (χ3n) is 4.67. The predicted octanol–water partition coefficient (Wildman–Crippen LogP) is 3.82. The number of nitrogens with two attached hydrogens (primary N) is 1. The minimum Gasteiger partial charge on any atom is -0.327 e. The van der Waals surface area contributed by atoms with Gasteiger partial charge in [0.15, 0.2) is 0 Å². The van der Waals surface area contributed by atoms with Crippen molar-refractivity contribution in [1.29, 1.82) is 0 Å². The van der Waals surface area contributed by atoms with E-state index in [-0.39, 0.29) is 17.8 Å². The van der Waals surface area contributed by atoms with Crippen LogP contribution in [0.5, 0.6) is 0 Å². The van der Waals surface area contributed by atoms with Gasteiger partial charge >= 0.3 is 0 Å². The van der Waals surface area contributed by atoms with Gasteiger partial charge in [-0.3, -0.25) is 4.90 Å². The molecule has 0 aliphatic carbocycles. The molecule has 0 spiro atoms. The average molecular weight is 305 g/mol. The van der Waals surface area contributed by atoms with E-state index in [2.05, 4.69) is 61.2 Å². The Bertz CT molecular complexity index is 604. The Morgan fingerprint density at radius 3 is 2.62 bits per heavy atom. The summed E-state index contributed by atoms with van der Waals surface area (Å²) in [7, 11) is 0. The number of hydrogen-bond acceptors (Lipinski definition) is 2. The molecule has 0 saturated carbocycles. The first-order chi connectivity index (χ1) is 9.56. The fourth-order valence-electron chi connectivity index (χ4n) is 3.29. The van der Waals surface area contributed by atoms with Crippen LogP contribution in [0.1, 0.15) is 25.8 Å². The predicted molar refractivity (Wildman–Crippen MR) is 92.8 cm³/mol. The standard InChI is InChI=1S/C18H24N2.ClH/c1-18(2)13-20(11-10-17(18)19)12-15-8-5-7-14-6-3-4-9-16(14)15;/h3-9,17H,10-13,19H2,1-2H3;1H. The zero-order valence-corrected chi connectivity index (χ0v) is 13.7. The number of benzene rings is 2. The van der Waals surface area contributed by atoms with Gasteiger partial charge in [-0.25, -0.2) is 0 Å². The normalized spacial score (nSPS) is 22.0. The molecule has 0 radical (unpaired) electrons. The van der Waals surface area contributed by atoms with E-state index in [1.165, 1.54) is 16.3 Å². The highest BCUT2D eigenvalue weighted by Crippen LogP contribution is 2.29. The lowest BCUT2D eigenvalue weighted by atomic mass is 9.79. The van der Waals surface area contributed by atoms with Crippen LogP contribution in [0.15, 0.2) is 42.5 Å². The van der Waals surface area contributed by atoms with E-state index in [0.717, 1.165) is 26.1 Å². The monoisotopic (exact) mass is 304 g/mol. The number of hydrogen-bond donors (Lipinski definition) is 1. The molecule has 0 amide bonds. The maximum atomic E-state index is 6.23. The Morgan fingerprint density at radius 2 is 1.86 bits per heavy atom. The number of likely N-dealkylation sites (tertiary alicyclic amines) is 1. The van der Waals surface area contributed by atoms with E-state index in [9.17, 15) is 0 Å². The van der Waals surface area contributed by atoms with Crippen LogP contribution in [0, 0.1) is 5.41 Å². The average Bonchev–Trinajstić information content (AvgIpc) is 2.43. The molecular formula is C18H25ClN2. The van der Waals surface area contributed by atoms with Gasteiger partial charge in [-0.05, 0) is 28.2 Å². The van der Waals surface area contributed by atoms with Crippen LogP contribution in [0.25, 0.3) is 10.8 Å². The van der Waals surface area contributed by atoms with Crippen LogP contribution in [-0.4, -0.2) is 24.0 Å². The van der Waals surface area contributed by atoms with Crippen molar-refractivity contribution in [3.05, 3.63) is 48.0 Å². The minimum atomic E-state index is 0. The number of nitrogens with zero attached hydrogens (tertiary/aromatic N) is 1. The van der Waals surface area contributed by atoms with Gasteiger partial charge in [0.05, 0.1) is 0 Å². The molecule has 2 aromatic rings. The van der Waals surface area contributed by atoms with Crippen LogP contribution >= 0.6 is 12.4 Å². The van der Waals surface area contributed by atoms with Crippen molar-refractivity contribution in [3.8, 4) is 0 Å². The molecule has 2 nitrogen and oxygen atoms in total. The second-order valence-electron chi connectivity index (χ2n) is 6.73. The van der Waals surface area contributed by atoms with E-state index in [1.807, 2.05) is 0 Å². The summed E-state index contributed by atoms with van der Waals surface area (Å²) < 4.78 is 0. The molecule has 1 saturated heterocycles. The molecule has 0 bridgehead atoms. The summed E-state index contributed by atoms with van der Waals surface area (Å²) in [6.45, 7) is 7.78. The van der Waals surface area contributed by atoms with E-state index in [4.69, 9.17) is 5.73 Å². The zero-order chi connectivity index (χ0) is 14.2. The number of rotatable bonds is 2. The van der Waals surface area contributed by atoms with Crippen LogP contribution in [0.3, 0.4) is 0 Å². The summed E-state index contributed by atoms with van der Waals surface area (Å²) in [4.78, 5) is 2.55. The third-order valence-corrected chi connectivity index (χ3v) is 4.67. The van der Waals surface area contributed by atoms with Crippen molar-refractivity contribution < 1.29 is 0 Å². The van der Waals surface area contributed by atoms with Gasteiger partial charge in [0.1, 0.15) is 0 Å². The molecule has 2 aromatic carbocycles. The Labute approximate surface area is 133 Å². The highest BCUT2D eigenvalue weighted by atomic mass is 35.5. The largest absolute Gasteiger partial charge is 0.327 e. The third kappa shape index (κ3) is 3.39. The molecule has 1 aliphatic heterocycles. The van der Waals surface area contributed by atoms with Gasteiger partial charge < -0.3 is 5.73 Å². The van der Waals surface area contributed by atoms with Crippen LogP contribution in [0.4, 0.5) is 0 Å². The summed E-state index contributed by atoms with van der Waals surface area (Å²) in [6.07, 6.45) is 1.10. The first kappa shape index (κ1) is 16.3. The molecule has 1 unspecified atom stereocenters. The number of fused-ring (bicyclic) bond motifs is 1. The highest BCUT2D eigenvalue weighted by Gasteiger charge is 2.33. The molecule has 0 aromatic heterocycles. The number of halogens is 1. The summed E-state index contributed by atoms with van der Waals surface area (Å²) in [5, 5.41) is 2.71. The lowest BCUT2D eigenvalue weighted by molar-refractivity contribution is 0.0902. The molecule has 114 valence electrons. The van der Waals surface area contributed by atoms with Crippen molar-refractivity contribution in [2.24, 2.45) is 11.1 Å². The van der Waals surface area contributed by atoms with E-state index < -0.39 is 0 Å². The second kappa shape index (κ2) is 6.35. The van der Waals surface area contributed by atoms with E-state index in [1.54, 1.807) is 0 Å². The summed E-state index contributed by atoms with van der Waals surface area (Å²) in [5.41, 5.74) is 7.87. The van der Waals surface area contributed by atoms with Crippen molar-refractivity contribution in [2.45, 2.75) is 32.9 Å². The second-order valence-corrected chi connectivity index (χ2v) is 6.73. The van der Waals surface area contributed by atoms with Crippen LogP contribution < -0.4 is 5.73 Å². The topological polar surface area (TPSA) is 29.3 Å². The van der Waals surface area contributed by atoms with E-state index >= 15 is 0 Å². The SMILES string of the molecule is CC1(C)CN(Cc2cccc3ccccc23)CCC1N.Cl. The lowest BCUT2D eigenvalue weighted by Gasteiger charge is -2.42. The Balaban J connectivity index is 0.00000161. The first-order valence-electron chi connectivity index (χ1n) is 7.51. The van der Waals surface area contributed by atoms with Crippen molar-refractivity contribution >= 4 is 23.2 Å². The van der Waals surface area contributed by atoms with Crippen LogP contribution in [-0.2, 0) is 6.54 Å². The molecule has 3 heteroatoms. The fraction of sp³-hybridized carbons (Fsp3) is 0.444. The molecule has 3 rings (SSSR count). The Kier molecular flexibility index (Phi) is 4.92. The van der Waals surface area contributed by atoms with E-state index in [0.29, 0.717) is 6.04 Å². The molecule has 1 atom stereocenters. The maximum Gasteiger partial charge on any atom is 0.0240 e. The van der Waals surface area contributed by atoms with Gasteiger partial charge in [-0.2, -0.15) is 0 Å². The van der Waals surface area contributed by atoms with Gasteiger partial charge in [0, 0.05) is 25.7 Å². The Morgan fingerprint density at radius 1 is 1.14 bits per heavy atom. The number of piperidine rings is 1. The molecule has 1 aliphatic rings. The maximum absolute atomic E-state index is 6.23. The molecule has 1 fully saturated rings. The molecule has 1 heterocycles. The highest BCUT2D eigenvalue weighted by molar-refractivity contribution is 5.85. The zero-order valence-electron chi connectivity index (χ0n) is 12.9. The summed E-state index contributed by atoms with van der Waals surface area (Å²) in [5.74, 6) is 0.